The number of nitrogens with two attached hydrogens (primary N) is 1. The quantitative estimate of drug-likeness (QED) is 0.415. The first-order valence-corrected chi connectivity index (χ1v) is 4.95. The second-order valence-corrected chi connectivity index (χ2v) is 3.57. The van der Waals surface area contributed by atoms with E-state index in [1.165, 1.54) is 25.3 Å². The van der Waals surface area contributed by atoms with Crippen LogP contribution in [0.3, 0.4) is 0 Å². The third-order valence-corrected chi connectivity index (χ3v) is 2.29. The summed E-state index contributed by atoms with van der Waals surface area (Å²) in [5, 5.41) is 27.7. The van der Waals surface area contributed by atoms with Gasteiger partial charge in [-0.05, 0) is 23.8 Å². The zero-order valence-corrected chi connectivity index (χ0v) is 9.33. The van der Waals surface area contributed by atoms with Gasteiger partial charge in [0.15, 0.2) is 0 Å². The van der Waals surface area contributed by atoms with Crippen LogP contribution in [0, 0.1) is 0 Å². The molecule has 6 nitrogen and oxygen atoms in total. The number of ether oxygens (including phenoxy) is 1. The number of carbonyl (C=O) groups is 1. The van der Waals surface area contributed by atoms with Gasteiger partial charge in [0.05, 0.1) is 19.3 Å². The van der Waals surface area contributed by atoms with Crippen LogP contribution in [0.1, 0.15) is 22.0 Å². The Kier molecular flexibility index (Phi) is 4.45. The lowest BCUT2D eigenvalue weighted by atomic mass is 10.0. The van der Waals surface area contributed by atoms with E-state index in [1.807, 2.05) is 0 Å². The Hall–Kier alpha value is -1.63. The summed E-state index contributed by atoms with van der Waals surface area (Å²) in [4.78, 5) is 11.3. The lowest BCUT2D eigenvalue weighted by Crippen LogP contribution is -2.22. The van der Waals surface area contributed by atoms with Crippen LogP contribution in [0.2, 0.25) is 0 Å². The van der Waals surface area contributed by atoms with Crippen LogP contribution >= 0.6 is 0 Å². The molecule has 0 aliphatic rings. The third-order valence-electron chi connectivity index (χ3n) is 2.29. The molecular weight excluding hydrogens is 226 g/mol. The maximum atomic E-state index is 11.3. The van der Waals surface area contributed by atoms with Gasteiger partial charge < -0.3 is 25.8 Å². The molecule has 17 heavy (non-hydrogen) atoms. The van der Waals surface area contributed by atoms with E-state index in [0.29, 0.717) is 0 Å². The number of carbonyl (C=O) groups excluding carboxylic acids is 1. The minimum Gasteiger partial charge on any atom is -0.465 e. The van der Waals surface area contributed by atoms with Gasteiger partial charge >= 0.3 is 5.97 Å². The molecule has 94 valence electrons. The van der Waals surface area contributed by atoms with E-state index < -0.39 is 24.8 Å². The molecule has 0 aromatic heterocycles. The Morgan fingerprint density at radius 1 is 1.41 bits per heavy atom. The number of aliphatic hydroxyl groups excluding tert-OH is 3. The van der Waals surface area contributed by atoms with Crippen molar-refractivity contribution < 1.29 is 24.9 Å². The molecule has 2 atom stereocenters. The number of benzene rings is 1. The van der Waals surface area contributed by atoms with Crippen molar-refractivity contribution in [3.63, 3.8) is 0 Å². The number of esters is 1. The molecule has 0 saturated carbocycles. The second-order valence-electron chi connectivity index (χ2n) is 3.57. The monoisotopic (exact) mass is 241 g/mol. The fraction of sp³-hybridized carbons (Fsp3) is 0.364. The van der Waals surface area contributed by atoms with Gasteiger partial charge in [0.25, 0.3) is 0 Å². The number of rotatable bonds is 4. The number of aliphatic hydroxyl groups is 3. The molecule has 0 fully saturated rings. The van der Waals surface area contributed by atoms with E-state index in [1.54, 1.807) is 0 Å². The van der Waals surface area contributed by atoms with Crippen LogP contribution in [0.15, 0.2) is 18.2 Å². The largest absolute Gasteiger partial charge is 0.465 e. The van der Waals surface area contributed by atoms with Crippen molar-refractivity contribution in [3.8, 4) is 0 Å². The summed E-state index contributed by atoms with van der Waals surface area (Å²) in [6.07, 6.45) is -2.64. The van der Waals surface area contributed by atoms with Gasteiger partial charge in [-0.25, -0.2) is 4.79 Å². The number of hydrogen-bond donors (Lipinski definition) is 4. The molecule has 0 radical (unpaired) electrons. The molecule has 0 saturated heterocycles. The zero-order valence-electron chi connectivity index (χ0n) is 9.33. The lowest BCUT2D eigenvalue weighted by Gasteiger charge is -2.17. The van der Waals surface area contributed by atoms with Crippen LogP contribution < -0.4 is 5.73 Å². The van der Waals surface area contributed by atoms with Crippen LogP contribution in [0.25, 0.3) is 0 Å². The second kappa shape index (κ2) is 5.62. The number of hydrogen-bond acceptors (Lipinski definition) is 6. The Labute approximate surface area is 98.3 Å². The molecule has 1 rings (SSSR count). The van der Waals surface area contributed by atoms with Crippen molar-refractivity contribution in [3.05, 3.63) is 29.3 Å². The van der Waals surface area contributed by atoms with Gasteiger partial charge in [-0.2, -0.15) is 0 Å². The molecule has 1 aromatic rings. The lowest BCUT2D eigenvalue weighted by molar-refractivity contribution is -0.0152. The Morgan fingerprint density at radius 2 is 2.06 bits per heavy atom. The van der Waals surface area contributed by atoms with Gasteiger partial charge in [-0.3, -0.25) is 0 Å². The molecule has 2 unspecified atom stereocenters. The molecule has 0 aliphatic carbocycles. The molecular formula is C11H15NO5. The van der Waals surface area contributed by atoms with Crippen LogP contribution in [0.5, 0.6) is 0 Å². The highest BCUT2D eigenvalue weighted by Crippen LogP contribution is 2.21. The zero-order chi connectivity index (χ0) is 13.0. The Balaban J connectivity index is 3.09. The van der Waals surface area contributed by atoms with E-state index >= 15 is 0 Å². The number of methoxy groups -OCH3 is 1. The van der Waals surface area contributed by atoms with Crippen molar-refractivity contribution in [1.82, 2.24) is 0 Å². The molecule has 1 aromatic carbocycles. The summed E-state index contributed by atoms with van der Waals surface area (Å²) in [5.41, 5.74) is 6.24. The Morgan fingerprint density at radius 3 is 2.59 bits per heavy atom. The molecule has 0 amide bonds. The smallest absolute Gasteiger partial charge is 0.337 e. The number of nitrogen functional groups attached to an aromatic ring is 1. The highest BCUT2D eigenvalue weighted by atomic mass is 16.5. The highest BCUT2D eigenvalue weighted by molar-refractivity contribution is 5.90. The van der Waals surface area contributed by atoms with Gasteiger partial charge in [-0.1, -0.05) is 0 Å². The van der Waals surface area contributed by atoms with Gasteiger partial charge in [0.1, 0.15) is 12.2 Å². The summed E-state index contributed by atoms with van der Waals surface area (Å²) in [6, 6.07) is 4.16. The minimum absolute atomic E-state index is 0.173. The molecule has 0 heterocycles. The summed E-state index contributed by atoms with van der Waals surface area (Å²) < 4.78 is 4.52. The summed E-state index contributed by atoms with van der Waals surface area (Å²) in [5.74, 6) is -0.593. The van der Waals surface area contributed by atoms with Gasteiger partial charge in [0, 0.05) is 5.69 Å². The number of anilines is 1. The standard InChI is InChI=1S/C11H15NO5/c1-17-11(16)7-2-6(3-8(12)4-7)10(15)9(14)5-13/h2-4,9-10,13-15H,5,12H2,1H3. The van der Waals surface area contributed by atoms with Crippen LogP contribution in [0.4, 0.5) is 5.69 Å². The topological polar surface area (TPSA) is 113 Å². The molecule has 0 spiro atoms. The van der Waals surface area contributed by atoms with E-state index in [2.05, 4.69) is 4.74 Å². The van der Waals surface area contributed by atoms with Gasteiger partial charge in [0.2, 0.25) is 0 Å². The van der Waals surface area contributed by atoms with E-state index in [4.69, 9.17) is 10.8 Å². The average molecular weight is 241 g/mol. The van der Waals surface area contributed by atoms with Crippen molar-refractivity contribution in [2.45, 2.75) is 12.2 Å². The molecule has 6 heteroatoms. The average Bonchev–Trinajstić information content (AvgIpc) is 2.35. The molecule has 0 aliphatic heterocycles. The first kappa shape index (κ1) is 13.4. The first-order chi connectivity index (χ1) is 7.99. The summed E-state index contributed by atoms with van der Waals surface area (Å²) in [7, 11) is 1.23. The molecule has 5 N–H and O–H groups in total. The van der Waals surface area contributed by atoms with Crippen LogP contribution in [-0.2, 0) is 4.74 Å². The fourth-order valence-electron chi connectivity index (χ4n) is 1.41. The van der Waals surface area contributed by atoms with Crippen molar-refractivity contribution >= 4 is 11.7 Å². The summed E-state index contributed by atoms with van der Waals surface area (Å²) in [6.45, 7) is -0.594. The highest BCUT2D eigenvalue weighted by Gasteiger charge is 2.19. The van der Waals surface area contributed by atoms with Crippen molar-refractivity contribution in [2.24, 2.45) is 0 Å². The first-order valence-electron chi connectivity index (χ1n) is 4.95. The Bertz CT molecular complexity index is 407. The van der Waals surface area contributed by atoms with Crippen molar-refractivity contribution in [2.75, 3.05) is 19.5 Å². The molecule has 0 bridgehead atoms. The fourth-order valence-corrected chi connectivity index (χ4v) is 1.41. The summed E-state index contributed by atoms with van der Waals surface area (Å²) >= 11 is 0. The minimum atomic E-state index is -1.33. The predicted octanol–water partition coefficient (Wildman–Crippen LogP) is -0.558. The van der Waals surface area contributed by atoms with Crippen molar-refractivity contribution in [1.29, 1.82) is 0 Å². The third kappa shape index (κ3) is 3.16. The van der Waals surface area contributed by atoms with E-state index in [-0.39, 0.29) is 16.8 Å². The maximum absolute atomic E-state index is 11.3. The van der Waals surface area contributed by atoms with Gasteiger partial charge in [-0.15, -0.1) is 0 Å². The predicted molar refractivity (Wildman–Crippen MR) is 60.2 cm³/mol. The van der Waals surface area contributed by atoms with Crippen LogP contribution in [-0.4, -0.2) is 41.1 Å². The normalized spacial score (nSPS) is 14.1. The van der Waals surface area contributed by atoms with E-state index in [9.17, 15) is 15.0 Å². The van der Waals surface area contributed by atoms with E-state index in [0.717, 1.165) is 0 Å². The SMILES string of the molecule is COC(=O)c1cc(N)cc(C(O)C(O)CO)c1. The maximum Gasteiger partial charge on any atom is 0.337 e.